The number of likely N-dealkylation sites (tertiary alicyclic amines) is 1. The fourth-order valence-corrected chi connectivity index (χ4v) is 4.36. The van der Waals surface area contributed by atoms with Gasteiger partial charge in [0.2, 0.25) is 0 Å². The standard InChI is InChI=1S/C15H26N2O3S/c1-10(9-21-2)8-16-15(20)17-12-6-4-3-5-11(12)7-13(17)14(18)19/h10-13H,3-9H2,1-2H3,(H,16,20)(H,18,19). The van der Waals surface area contributed by atoms with Crippen LogP contribution >= 0.6 is 11.8 Å². The number of hydrogen-bond acceptors (Lipinski definition) is 3. The molecule has 4 unspecified atom stereocenters. The normalized spacial score (nSPS) is 29.8. The maximum absolute atomic E-state index is 12.5. The molecular formula is C15H26N2O3S. The van der Waals surface area contributed by atoms with Crippen LogP contribution in [0.3, 0.4) is 0 Å². The van der Waals surface area contributed by atoms with Crippen molar-refractivity contribution in [2.24, 2.45) is 11.8 Å². The highest BCUT2D eigenvalue weighted by Gasteiger charge is 2.47. The van der Waals surface area contributed by atoms with Crippen LogP contribution in [0.1, 0.15) is 39.0 Å². The first-order chi connectivity index (χ1) is 10.0. The number of nitrogens with one attached hydrogen (secondary N) is 1. The summed E-state index contributed by atoms with van der Waals surface area (Å²) in [5.74, 6) is 0.900. The van der Waals surface area contributed by atoms with Gasteiger partial charge >= 0.3 is 12.0 Å². The molecule has 2 rings (SSSR count). The van der Waals surface area contributed by atoms with E-state index in [2.05, 4.69) is 12.2 Å². The van der Waals surface area contributed by atoms with Crippen molar-refractivity contribution in [3.8, 4) is 0 Å². The summed E-state index contributed by atoms with van der Waals surface area (Å²) >= 11 is 1.76. The molecule has 0 spiro atoms. The van der Waals surface area contributed by atoms with Gasteiger partial charge in [0.15, 0.2) is 0 Å². The molecule has 1 aliphatic carbocycles. The third kappa shape index (κ3) is 3.84. The molecule has 0 aromatic carbocycles. The van der Waals surface area contributed by atoms with Crippen LogP contribution in [0, 0.1) is 11.8 Å². The van der Waals surface area contributed by atoms with Crippen LogP contribution in [0.5, 0.6) is 0 Å². The lowest BCUT2D eigenvalue weighted by Crippen LogP contribution is -2.51. The Hall–Kier alpha value is -0.910. The molecule has 120 valence electrons. The second-order valence-corrected chi connectivity index (χ2v) is 7.27. The van der Waals surface area contributed by atoms with Gasteiger partial charge in [-0.25, -0.2) is 9.59 Å². The predicted molar refractivity (Wildman–Crippen MR) is 84.6 cm³/mol. The van der Waals surface area contributed by atoms with E-state index in [1.807, 2.05) is 6.26 Å². The zero-order valence-electron chi connectivity index (χ0n) is 12.9. The van der Waals surface area contributed by atoms with Crippen molar-refractivity contribution in [1.29, 1.82) is 0 Å². The number of amides is 2. The largest absolute Gasteiger partial charge is 0.480 e. The molecular weight excluding hydrogens is 288 g/mol. The Bertz CT molecular complexity index is 391. The lowest BCUT2D eigenvalue weighted by atomic mass is 9.85. The predicted octanol–water partition coefficient (Wildman–Crippen LogP) is 2.41. The molecule has 5 nitrogen and oxygen atoms in total. The van der Waals surface area contributed by atoms with E-state index >= 15 is 0 Å². The quantitative estimate of drug-likeness (QED) is 0.817. The second-order valence-electron chi connectivity index (χ2n) is 6.36. The molecule has 1 heterocycles. The number of nitrogens with zero attached hydrogens (tertiary/aromatic N) is 1. The summed E-state index contributed by atoms with van der Waals surface area (Å²) in [4.78, 5) is 25.6. The molecule has 6 heteroatoms. The average Bonchev–Trinajstić information content (AvgIpc) is 2.85. The topological polar surface area (TPSA) is 69.6 Å². The summed E-state index contributed by atoms with van der Waals surface area (Å²) in [7, 11) is 0. The van der Waals surface area contributed by atoms with Crippen LogP contribution < -0.4 is 5.32 Å². The Morgan fingerprint density at radius 1 is 1.38 bits per heavy atom. The van der Waals surface area contributed by atoms with Gasteiger partial charge in [0.25, 0.3) is 0 Å². The third-order valence-corrected chi connectivity index (χ3v) is 5.56. The van der Waals surface area contributed by atoms with Gasteiger partial charge in [-0.2, -0.15) is 11.8 Å². The molecule has 2 fully saturated rings. The van der Waals surface area contributed by atoms with Gasteiger partial charge < -0.3 is 15.3 Å². The third-order valence-electron chi connectivity index (χ3n) is 4.66. The van der Waals surface area contributed by atoms with E-state index in [0.29, 0.717) is 24.8 Å². The number of carbonyl (C=O) groups is 2. The van der Waals surface area contributed by atoms with Gasteiger partial charge in [0.1, 0.15) is 6.04 Å². The minimum atomic E-state index is -0.864. The van der Waals surface area contributed by atoms with Crippen molar-refractivity contribution in [2.75, 3.05) is 18.6 Å². The first kappa shape index (κ1) is 16.5. The smallest absolute Gasteiger partial charge is 0.326 e. The molecule has 1 aliphatic heterocycles. The first-order valence-corrected chi connectivity index (χ1v) is 9.22. The summed E-state index contributed by atoms with van der Waals surface area (Å²) in [6, 6.07) is -0.714. The van der Waals surface area contributed by atoms with Crippen molar-refractivity contribution in [3.05, 3.63) is 0 Å². The fraction of sp³-hybridized carbons (Fsp3) is 0.867. The van der Waals surface area contributed by atoms with Gasteiger partial charge in [-0.05, 0) is 43.1 Å². The summed E-state index contributed by atoms with van der Waals surface area (Å²) in [6.45, 7) is 2.71. The number of rotatable bonds is 5. The van der Waals surface area contributed by atoms with Crippen molar-refractivity contribution in [2.45, 2.75) is 51.1 Å². The number of thioether (sulfide) groups is 1. The van der Waals surface area contributed by atoms with Gasteiger partial charge in [0.05, 0.1) is 0 Å². The Labute approximate surface area is 130 Å². The van der Waals surface area contributed by atoms with E-state index in [-0.39, 0.29) is 12.1 Å². The number of aliphatic carboxylic acids is 1. The highest BCUT2D eigenvalue weighted by Crippen LogP contribution is 2.39. The Kier molecular flexibility index (Phi) is 5.79. The zero-order chi connectivity index (χ0) is 15.4. The summed E-state index contributed by atoms with van der Waals surface area (Å²) < 4.78 is 0. The molecule has 21 heavy (non-hydrogen) atoms. The van der Waals surface area contributed by atoms with Crippen LogP contribution in [0.4, 0.5) is 4.79 Å². The first-order valence-electron chi connectivity index (χ1n) is 7.82. The number of carbonyl (C=O) groups excluding carboxylic acids is 1. The van der Waals surface area contributed by atoms with Crippen molar-refractivity contribution in [3.63, 3.8) is 0 Å². The molecule has 1 saturated carbocycles. The highest BCUT2D eigenvalue weighted by atomic mass is 32.2. The van der Waals surface area contributed by atoms with E-state index < -0.39 is 12.0 Å². The number of urea groups is 1. The van der Waals surface area contributed by atoms with Crippen LogP contribution in [0.2, 0.25) is 0 Å². The SMILES string of the molecule is CSCC(C)CNC(=O)N1C(C(=O)O)CC2CCCCC21. The van der Waals surface area contributed by atoms with E-state index in [0.717, 1.165) is 31.4 Å². The van der Waals surface area contributed by atoms with Crippen LogP contribution in [-0.2, 0) is 4.79 Å². The molecule has 0 aromatic rings. The van der Waals surface area contributed by atoms with Gasteiger partial charge in [-0.15, -0.1) is 0 Å². The van der Waals surface area contributed by atoms with E-state index in [4.69, 9.17) is 0 Å². The summed E-state index contributed by atoms with van der Waals surface area (Å²) in [6.07, 6.45) is 6.93. The molecule has 0 radical (unpaired) electrons. The van der Waals surface area contributed by atoms with E-state index in [1.54, 1.807) is 16.7 Å². The van der Waals surface area contributed by atoms with E-state index in [9.17, 15) is 14.7 Å². The second kappa shape index (κ2) is 7.38. The average molecular weight is 314 g/mol. The number of fused-ring (bicyclic) bond motifs is 1. The van der Waals surface area contributed by atoms with Crippen LogP contribution in [-0.4, -0.2) is 52.6 Å². The van der Waals surface area contributed by atoms with Crippen molar-refractivity contribution >= 4 is 23.8 Å². The maximum Gasteiger partial charge on any atom is 0.326 e. The van der Waals surface area contributed by atoms with Crippen LogP contribution in [0.15, 0.2) is 0 Å². The van der Waals surface area contributed by atoms with Crippen molar-refractivity contribution < 1.29 is 14.7 Å². The molecule has 2 N–H and O–H groups in total. The Morgan fingerprint density at radius 3 is 2.76 bits per heavy atom. The summed E-state index contributed by atoms with van der Waals surface area (Å²) in [5, 5.41) is 12.4. The monoisotopic (exact) mass is 314 g/mol. The van der Waals surface area contributed by atoms with E-state index in [1.165, 1.54) is 0 Å². The molecule has 2 aliphatic rings. The number of carboxylic acids is 1. The molecule has 2 amide bonds. The lowest BCUT2D eigenvalue weighted by molar-refractivity contribution is -0.141. The zero-order valence-corrected chi connectivity index (χ0v) is 13.7. The molecule has 4 atom stereocenters. The maximum atomic E-state index is 12.5. The molecule has 0 aromatic heterocycles. The number of carboxylic acid groups (broad SMARTS) is 1. The summed E-state index contributed by atoms with van der Waals surface area (Å²) in [5.41, 5.74) is 0. The molecule has 0 bridgehead atoms. The van der Waals surface area contributed by atoms with Crippen molar-refractivity contribution in [1.82, 2.24) is 10.2 Å². The minimum Gasteiger partial charge on any atom is -0.480 e. The number of hydrogen-bond donors (Lipinski definition) is 2. The highest BCUT2D eigenvalue weighted by molar-refractivity contribution is 7.98. The van der Waals surface area contributed by atoms with Gasteiger partial charge in [-0.3, -0.25) is 0 Å². The minimum absolute atomic E-state index is 0.121. The van der Waals surface area contributed by atoms with Crippen LogP contribution in [0.25, 0.3) is 0 Å². The fourth-order valence-electron chi connectivity index (χ4n) is 3.67. The Morgan fingerprint density at radius 2 is 2.10 bits per heavy atom. The molecule has 1 saturated heterocycles. The van der Waals surface area contributed by atoms with Gasteiger partial charge in [-0.1, -0.05) is 19.8 Å². The Balaban J connectivity index is 1.99. The van der Waals surface area contributed by atoms with Gasteiger partial charge in [0, 0.05) is 12.6 Å². The lowest BCUT2D eigenvalue weighted by Gasteiger charge is -2.33.